The van der Waals surface area contributed by atoms with Crippen molar-refractivity contribution >= 4 is 18.8 Å². The van der Waals surface area contributed by atoms with E-state index in [0.29, 0.717) is 0 Å². The first-order valence-electron chi connectivity index (χ1n) is 10.1. The summed E-state index contributed by atoms with van der Waals surface area (Å²) in [6, 6.07) is 42.9. The average Bonchev–Trinajstić information content (AvgIpc) is 2.82. The van der Waals surface area contributed by atoms with Gasteiger partial charge in [0.25, 0.3) is 8.40 Å². The summed E-state index contributed by atoms with van der Waals surface area (Å²) in [4.78, 5) is 7.96. The second-order valence-electron chi connectivity index (χ2n) is 7.16. The smallest absolute Gasteiger partial charge is 0.268 e. The fourth-order valence-electron chi connectivity index (χ4n) is 3.67. The molecule has 0 unspecified atom stereocenters. The highest BCUT2D eigenvalue weighted by molar-refractivity contribution is 6.98. The lowest BCUT2D eigenvalue weighted by Gasteiger charge is -2.34. The summed E-state index contributed by atoms with van der Waals surface area (Å²) < 4.78 is 0. The van der Waals surface area contributed by atoms with Gasteiger partial charge >= 0.3 is 0 Å². The van der Waals surface area contributed by atoms with Crippen LogP contribution in [0.2, 0.25) is 0 Å². The number of benzene rings is 4. The van der Waals surface area contributed by atoms with Crippen molar-refractivity contribution in [2.24, 2.45) is 0 Å². The number of hydrogen-bond acceptors (Lipinski definition) is 2. The summed E-state index contributed by atoms with van der Waals surface area (Å²) in [5.41, 5.74) is 2.58. The molecule has 0 aliphatic rings. The van der Waals surface area contributed by atoms with Crippen molar-refractivity contribution in [2.45, 2.75) is 13.1 Å². The van der Waals surface area contributed by atoms with Crippen molar-refractivity contribution in [1.29, 1.82) is 0 Å². The van der Waals surface area contributed by atoms with Gasteiger partial charge in [0.05, 0.1) is 0 Å². The lowest BCUT2D eigenvalue weighted by molar-refractivity contribution is 0.836. The summed E-state index contributed by atoms with van der Waals surface area (Å²) in [7, 11) is -2.41. The molecule has 0 aromatic heterocycles. The summed E-state index contributed by atoms with van der Waals surface area (Å²) in [6.07, 6.45) is 0. The van der Waals surface area contributed by atoms with Crippen molar-refractivity contribution in [3.63, 3.8) is 0 Å². The topological polar surface area (TPSA) is 24.1 Å². The van der Waals surface area contributed by atoms with Gasteiger partial charge in [0.2, 0.25) is 0 Å². The van der Waals surface area contributed by atoms with Crippen LogP contribution in [0.25, 0.3) is 0 Å². The minimum absolute atomic E-state index is 0.818. The van der Waals surface area contributed by atoms with E-state index in [4.69, 9.17) is 0 Å². The van der Waals surface area contributed by atoms with Crippen LogP contribution in [0.15, 0.2) is 121 Å². The van der Waals surface area contributed by atoms with Crippen molar-refractivity contribution in [2.75, 3.05) is 0 Å². The second-order valence-corrected chi connectivity index (χ2v) is 10.5. The molecule has 0 spiro atoms. The molecule has 0 bridgehead atoms. The zero-order valence-corrected chi connectivity index (χ0v) is 17.5. The number of nitrogens with one attached hydrogen (secondary N) is 2. The van der Waals surface area contributed by atoms with Gasteiger partial charge in [0, 0.05) is 13.1 Å². The minimum atomic E-state index is -2.41. The van der Waals surface area contributed by atoms with E-state index in [1.807, 2.05) is 0 Å². The molecule has 3 heteroatoms. The van der Waals surface area contributed by atoms with Gasteiger partial charge in [-0.05, 0) is 21.5 Å². The molecule has 0 aliphatic carbocycles. The fourth-order valence-corrected chi connectivity index (χ4v) is 7.27. The van der Waals surface area contributed by atoms with Gasteiger partial charge in [-0.1, -0.05) is 121 Å². The van der Waals surface area contributed by atoms with Gasteiger partial charge in [-0.15, -0.1) is 0 Å². The summed E-state index contributed by atoms with van der Waals surface area (Å²) in [6.45, 7) is 1.64. The monoisotopic (exact) mass is 394 g/mol. The van der Waals surface area contributed by atoms with E-state index in [2.05, 4.69) is 131 Å². The van der Waals surface area contributed by atoms with Gasteiger partial charge in [-0.3, -0.25) is 0 Å². The van der Waals surface area contributed by atoms with Crippen LogP contribution < -0.4 is 20.3 Å². The molecular formula is C26H26N2Si. The van der Waals surface area contributed by atoms with Gasteiger partial charge in [-0.2, -0.15) is 0 Å². The lowest BCUT2D eigenvalue weighted by atomic mass is 10.2. The third-order valence-electron chi connectivity index (χ3n) is 5.21. The summed E-state index contributed by atoms with van der Waals surface area (Å²) >= 11 is 0. The molecule has 4 rings (SSSR count). The molecule has 0 saturated heterocycles. The van der Waals surface area contributed by atoms with Crippen LogP contribution in [0.5, 0.6) is 0 Å². The maximum absolute atomic E-state index is 3.98. The Bertz CT molecular complexity index is 905. The van der Waals surface area contributed by atoms with Gasteiger partial charge in [0.15, 0.2) is 0 Å². The Labute approximate surface area is 174 Å². The van der Waals surface area contributed by atoms with Crippen molar-refractivity contribution in [3.8, 4) is 0 Å². The third-order valence-corrected chi connectivity index (χ3v) is 9.03. The Morgan fingerprint density at radius 2 is 0.724 bits per heavy atom. The van der Waals surface area contributed by atoms with Crippen LogP contribution in [-0.4, -0.2) is 8.40 Å². The van der Waals surface area contributed by atoms with Crippen LogP contribution in [0, 0.1) is 0 Å². The van der Waals surface area contributed by atoms with E-state index in [1.165, 1.54) is 21.5 Å². The maximum Gasteiger partial charge on any atom is 0.268 e. The van der Waals surface area contributed by atoms with Gasteiger partial charge in [-0.25, -0.2) is 0 Å². The quantitative estimate of drug-likeness (QED) is 0.444. The predicted molar refractivity (Wildman–Crippen MR) is 124 cm³/mol. The van der Waals surface area contributed by atoms with E-state index in [-0.39, 0.29) is 0 Å². The standard InChI is InChI=1S/C26H26N2Si/c1-5-13-23(14-6-1)21-27-29(25-17-9-3-10-18-25,26-19-11-4-12-20-26)28-22-24-15-7-2-8-16-24/h1-20,27-28H,21-22H2. The molecule has 0 radical (unpaired) electrons. The van der Waals surface area contributed by atoms with Crippen LogP contribution in [0.1, 0.15) is 11.1 Å². The number of rotatable bonds is 8. The molecule has 29 heavy (non-hydrogen) atoms. The van der Waals surface area contributed by atoms with E-state index in [0.717, 1.165) is 13.1 Å². The van der Waals surface area contributed by atoms with Crippen LogP contribution in [0.4, 0.5) is 0 Å². The molecule has 0 saturated carbocycles. The first kappa shape index (κ1) is 19.3. The first-order valence-corrected chi connectivity index (χ1v) is 12.1. The highest BCUT2D eigenvalue weighted by atomic mass is 28.3. The minimum Gasteiger partial charge on any atom is -0.314 e. The lowest BCUT2D eigenvalue weighted by Crippen LogP contribution is -2.77. The Kier molecular flexibility index (Phi) is 6.32. The Morgan fingerprint density at radius 1 is 0.414 bits per heavy atom. The average molecular weight is 395 g/mol. The van der Waals surface area contributed by atoms with E-state index >= 15 is 0 Å². The Morgan fingerprint density at radius 3 is 1.07 bits per heavy atom. The Hall–Kier alpha value is -2.98. The molecule has 4 aromatic carbocycles. The largest absolute Gasteiger partial charge is 0.314 e. The molecule has 4 aromatic rings. The van der Waals surface area contributed by atoms with Crippen molar-refractivity contribution < 1.29 is 0 Å². The van der Waals surface area contributed by atoms with Crippen LogP contribution in [0.3, 0.4) is 0 Å². The second kappa shape index (κ2) is 9.48. The molecule has 0 aliphatic heterocycles. The molecular weight excluding hydrogens is 368 g/mol. The zero-order valence-electron chi connectivity index (χ0n) is 16.5. The number of hydrogen-bond donors (Lipinski definition) is 2. The Balaban J connectivity index is 1.73. The molecule has 0 atom stereocenters. The fraction of sp³-hybridized carbons (Fsp3) is 0.0769. The molecule has 2 N–H and O–H groups in total. The zero-order chi connectivity index (χ0) is 19.8. The van der Waals surface area contributed by atoms with Gasteiger partial charge in [0.1, 0.15) is 0 Å². The summed E-state index contributed by atoms with van der Waals surface area (Å²) in [5.74, 6) is 0. The van der Waals surface area contributed by atoms with Crippen LogP contribution in [-0.2, 0) is 13.1 Å². The van der Waals surface area contributed by atoms with Crippen molar-refractivity contribution in [3.05, 3.63) is 132 Å². The predicted octanol–water partition coefficient (Wildman–Crippen LogP) is 3.82. The molecule has 0 amide bonds. The van der Waals surface area contributed by atoms with Gasteiger partial charge < -0.3 is 9.96 Å². The van der Waals surface area contributed by atoms with Crippen LogP contribution >= 0.6 is 0 Å². The van der Waals surface area contributed by atoms with E-state index in [1.54, 1.807) is 0 Å². The maximum atomic E-state index is 3.98. The SMILES string of the molecule is c1ccc(CN[Si](NCc2ccccc2)(c2ccccc2)c2ccccc2)cc1. The third kappa shape index (κ3) is 4.72. The highest BCUT2D eigenvalue weighted by Crippen LogP contribution is 2.06. The van der Waals surface area contributed by atoms with E-state index in [9.17, 15) is 0 Å². The molecule has 0 heterocycles. The molecule has 0 fully saturated rings. The highest BCUT2D eigenvalue weighted by Gasteiger charge is 2.37. The van der Waals surface area contributed by atoms with Crippen molar-refractivity contribution in [1.82, 2.24) is 9.96 Å². The summed E-state index contributed by atoms with van der Waals surface area (Å²) in [5, 5.41) is 2.66. The molecule has 2 nitrogen and oxygen atoms in total. The first-order chi connectivity index (χ1) is 14.4. The molecule has 144 valence electrons. The normalized spacial score (nSPS) is 11.3. The van der Waals surface area contributed by atoms with E-state index < -0.39 is 8.40 Å².